The van der Waals surface area contributed by atoms with Crippen molar-refractivity contribution in [2.24, 2.45) is 23.7 Å². The van der Waals surface area contributed by atoms with Gasteiger partial charge in [0.15, 0.2) is 5.13 Å². The van der Waals surface area contributed by atoms with Crippen LogP contribution in [0.25, 0.3) is 10.2 Å². The largest absolute Gasteiger partial charge is 0.494 e. The molecule has 0 amide bonds. The number of benzene rings is 4. The van der Waals surface area contributed by atoms with E-state index < -0.39 is 11.9 Å². The molecule has 4 aromatic carbocycles. The van der Waals surface area contributed by atoms with E-state index in [1.54, 1.807) is 42.7 Å². The molecule has 2 aliphatic rings. The second kappa shape index (κ2) is 37.7. The van der Waals surface area contributed by atoms with Crippen LogP contribution < -0.4 is 33.7 Å². The van der Waals surface area contributed by atoms with Gasteiger partial charge in [-0.25, -0.2) is 14.6 Å². The van der Waals surface area contributed by atoms with E-state index in [0.29, 0.717) is 99.9 Å². The highest BCUT2D eigenvalue weighted by Gasteiger charge is 2.30. The van der Waals surface area contributed by atoms with E-state index in [0.717, 1.165) is 131 Å². The molecule has 0 atom stereocenters. The molecule has 0 spiro atoms. The molecule has 2 saturated carbocycles. The lowest BCUT2D eigenvalue weighted by atomic mass is 9.82. The average molecular weight is 1160 g/mol. The summed E-state index contributed by atoms with van der Waals surface area (Å²) in [5.74, 6) is 2.81. The topological polar surface area (TPSA) is 209 Å². The molecule has 1 heterocycles. The highest BCUT2D eigenvalue weighted by Crippen LogP contribution is 2.34. The lowest BCUT2D eigenvalue weighted by molar-refractivity contribution is -0.141. The molecule has 17 nitrogen and oxygen atoms in total. The van der Waals surface area contributed by atoms with Crippen LogP contribution in [-0.4, -0.2) is 108 Å². The molecule has 0 bridgehead atoms. The zero-order chi connectivity index (χ0) is 58.7. The average Bonchev–Trinajstić information content (AvgIpc) is 3.94. The summed E-state index contributed by atoms with van der Waals surface area (Å²) in [6, 6.07) is 27.9. The third-order valence-electron chi connectivity index (χ3n) is 14.2. The van der Waals surface area contributed by atoms with Crippen molar-refractivity contribution in [2.45, 2.75) is 103 Å². The Kier molecular flexibility index (Phi) is 29.5. The number of anilines is 1. The quantitative estimate of drug-likeness (QED) is 0.0126. The van der Waals surface area contributed by atoms with Gasteiger partial charge in [0.2, 0.25) is 0 Å². The zero-order valence-electron chi connectivity index (χ0n) is 48.1. The molecule has 0 unspecified atom stereocenters. The molecule has 1 aromatic heterocycles. The van der Waals surface area contributed by atoms with Gasteiger partial charge in [-0.15, -0.1) is 0 Å². The van der Waals surface area contributed by atoms with Crippen LogP contribution in [-0.2, 0) is 38.1 Å². The fourth-order valence-corrected chi connectivity index (χ4v) is 10.3. The van der Waals surface area contributed by atoms with Crippen LogP contribution in [0, 0.1) is 29.1 Å². The van der Waals surface area contributed by atoms with Crippen LogP contribution in [0.1, 0.15) is 108 Å². The van der Waals surface area contributed by atoms with Crippen LogP contribution >= 0.6 is 11.3 Å². The first-order valence-electron chi connectivity index (χ1n) is 29.2. The number of aromatic nitrogens is 1. The molecule has 18 heteroatoms. The molecule has 7 rings (SSSR count). The minimum atomic E-state index is -0.394. The maximum absolute atomic E-state index is 13.0. The SMILES string of the molecule is C=CC(=O)OCCCCCCOc1ccc(OC(=O)C2CCC(COc3ccc(OCC4CCC(C(=O)Oc5ccc(OCCCCCCOC(=O)C=C)cc5)CC4)c(C=N)c3)CC2)cc1.COCCOCCNc1nc2ccccc2s1. The lowest BCUT2D eigenvalue weighted by Crippen LogP contribution is -2.28. The summed E-state index contributed by atoms with van der Waals surface area (Å²) in [6.45, 7) is 12.5. The van der Waals surface area contributed by atoms with Crippen LogP contribution in [0.3, 0.4) is 0 Å². The molecule has 2 fully saturated rings. The van der Waals surface area contributed by atoms with E-state index in [4.69, 9.17) is 52.8 Å². The molecule has 448 valence electrons. The number of para-hydroxylation sites is 1. The van der Waals surface area contributed by atoms with Gasteiger partial charge in [0.05, 0.1) is 81.5 Å². The predicted molar refractivity (Wildman–Crippen MR) is 321 cm³/mol. The van der Waals surface area contributed by atoms with Gasteiger partial charge in [-0.2, -0.15) is 0 Å². The Balaban J connectivity index is 0.000000552. The molecule has 5 aromatic rings. The van der Waals surface area contributed by atoms with Gasteiger partial charge in [-0.1, -0.05) is 36.6 Å². The van der Waals surface area contributed by atoms with Gasteiger partial charge in [-0.3, -0.25) is 9.59 Å². The normalized spacial score (nSPS) is 16.4. The van der Waals surface area contributed by atoms with E-state index in [1.165, 1.54) is 23.1 Å². The Morgan fingerprint density at radius 1 is 0.566 bits per heavy atom. The molecule has 2 N–H and O–H groups in total. The van der Waals surface area contributed by atoms with Crippen molar-refractivity contribution >= 4 is 56.8 Å². The van der Waals surface area contributed by atoms with Crippen molar-refractivity contribution in [1.29, 1.82) is 5.41 Å². The number of ether oxygens (including phenoxy) is 10. The number of fused-ring (bicyclic) bond motifs is 1. The van der Waals surface area contributed by atoms with Crippen molar-refractivity contribution in [3.8, 4) is 34.5 Å². The van der Waals surface area contributed by atoms with E-state index in [2.05, 4.69) is 29.5 Å². The number of methoxy groups -OCH3 is 1. The Hall–Kier alpha value is -7.28. The van der Waals surface area contributed by atoms with Crippen molar-refractivity contribution in [2.75, 3.05) is 78.4 Å². The summed E-state index contributed by atoms with van der Waals surface area (Å²) in [5, 5.41) is 12.2. The minimum Gasteiger partial charge on any atom is -0.494 e. The van der Waals surface area contributed by atoms with Gasteiger partial charge in [0.25, 0.3) is 0 Å². The summed E-state index contributed by atoms with van der Waals surface area (Å²) in [4.78, 5) is 52.6. The molecular weight excluding hydrogens is 1080 g/mol. The summed E-state index contributed by atoms with van der Waals surface area (Å²) in [5.41, 5.74) is 1.69. The Labute approximate surface area is 492 Å². The minimum absolute atomic E-state index is 0.157. The number of hydrogen-bond donors (Lipinski definition) is 2. The maximum Gasteiger partial charge on any atom is 0.330 e. The number of esters is 4. The van der Waals surface area contributed by atoms with Gasteiger partial charge in [-0.05, 0) is 193 Å². The second-order valence-corrected chi connectivity index (χ2v) is 21.5. The Morgan fingerprint density at radius 3 is 1.57 bits per heavy atom. The predicted octanol–water partition coefficient (Wildman–Crippen LogP) is 13.0. The molecule has 83 heavy (non-hydrogen) atoms. The van der Waals surface area contributed by atoms with Gasteiger partial charge in [0, 0.05) is 37.6 Å². The zero-order valence-corrected chi connectivity index (χ0v) is 48.9. The highest BCUT2D eigenvalue weighted by atomic mass is 32.1. The number of unbranched alkanes of at least 4 members (excludes halogenated alkanes) is 6. The standard InChI is InChI=1S/C53H67NO12.C12H16N2O2S/c1-3-50(55)61-33-11-7-5-9-31-59-44-21-25-46(26-22-44)65-52(57)41-17-13-39(14-18-41)37-63-48-29-30-49(43(35-48)36-54)64-38-40-15-19-42(20-16-40)53(58)66-47-27-23-45(24-28-47)60-32-10-6-8-12-34-62-51(56)4-2;1-15-8-9-16-7-6-13-12-14-10-4-2-3-5-11(10)17-12/h3-4,21-30,35-36,39-42,54H,1-2,5-20,31-34,37-38H2;2-5H,6-9H2,1H3,(H,13,14). The first-order chi connectivity index (χ1) is 40.6. The smallest absolute Gasteiger partial charge is 0.330 e. The van der Waals surface area contributed by atoms with Crippen molar-refractivity contribution in [3.63, 3.8) is 0 Å². The monoisotopic (exact) mass is 1160 g/mol. The van der Waals surface area contributed by atoms with Gasteiger partial charge < -0.3 is 58.1 Å². The van der Waals surface area contributed by atoms with Crippen LogP contribution in [0.5, 0.6) is 34.5 Å². The summed E-state index contributed by atoms with van der Waals surface area (Å²) in [7, 11) is 1.67. The Bertz CT molecular complexity index is 2700. The van der Waals surface area contributed by atoms with E-state index in [9.17, 15) is 19.2 Å². The van der Waals surface area contributed by atoms with Crippen LogP contribution in [0.2, 0.25) is 0 Å². The molecular formula is C65H83N3O14S. The van der Waals surface area contributed by atoms with Gasteiger partial charge >= 0.3 is 23.9 Å². The number of nitrogens with zero attached hydrogens (tertiary/aromatic N) is 1. The highest BCUT2D eigenvalue weighted by molar-refractivity contribution is 7.22. The molecule has 0 saturated heterocycles. The molecule has 0 aliphatic heterocycles. The number of carbonyl (C=O) groups excluding carboxylic acids is 4. The number of carbonyl (C=O) groups is 4. The van der Waals surface area contributed by atoms with Crippen molar-refractivity contribution in [1.82, 2.24) is 4.98 Å². The second-order valence-electron chi connectivity index (χ2n) is 20.5. The third-order valence-corrected chi connectivity index (χ3v) is 15.2. The van der Waals surface area contributed by atoms with Crippen LogP contribution in [0.4, 0.5) is 5.13 Å². The summed E-state index contributed by atoms with van der Waals surface area (Å²) in [6.07, 6.45) is 17.2. The van der Waals surface area contributed by atoms with E-state index in [-0.39, 0.29) is 23.8 Å². The van der Waals surface area contributed by atoms with E-state index >= 15 is 0 Å². The van der Waals surface area contributed by atoms with E-state index in [1.807, 2.05) is 60.7 Å². The molecule has 2 aliphatic carbocycles. The fourth-order valence-electron chi connectivity index (χ4n) is 9.40. The lowest BCUT2D eigenvalue weighted by Gasteiger charge is -2.27. The fraction of sp³-hybridized carbons (Fsp3) is 0.477. The summed E-state index contributed by atoms with van der Waals surface area (Å²) < 4.78 is 56.8. The number of rotatable bonds is 36. The summed E-state index contributed by atoms with van der Waals surface area (Å²) >= 11 is 1.66. The first kappa shape index (κ1) is 64.9. The maximum atomic E-state index is 13.0. The number of hydrogen-bond acceptors (Lipinski definition) is 18. The number of nitrogens with one attached hydrogen (secondary N) is 2. The molecule has 0 radical (unpaired) electrons. The third kappa shape index (κ3) is 24.6. The van der Waals surface area contributed by atoms with Crippen molar-refractivity contribution in [3.05, 3.63) is 122 Å². The van der Waals surface area contributed by atoms with Gasteiger partial charge in [0.1, 0.15) is 34.5 Å². The first-order valence-corrected chi connectivity index (χ1v) is 30.0. The van der Waals surface area contributed by atoms with Crippen LogP contribution in [0.15, 0.2) is 116 Å². The number of thiazole rings is 1. The van der Waals surface area contributed by atoms with Crippen molar-refractivity contribution < 1.29 is 66.5 Å². The Morgan fingerprint density at radius 2 is 1.06 bits per heavy atom.